The van der Waals surface area contributed by atoms with E-state index in [2.05, 4.69) is 102 Å². The van der Waals surface area contributed by atoms with Crippen molar-refractivity contribution in [3.63, 3.8) is 0 Å². The van der Waals surface area contributed by atoms with E-state index in [9.17, 15) is 4.57 Å². The number of nitrogens with zero attached hydrogens (tertiary/aromatic N) is 1. The molecule has 0 saturated heterocycles. The zero-order valence-corrected chi connectivity index (χ0v) is 23.0. The highest BCUT2D eigenvalue weighted by atomic mass is 31.2. The molecule has 1 aliphatic heterocycles. The van der Waals surface area contributed by atoms with Crippen LogP contribution in [0.15, 0.2) is 97.1 Å². The van der Waals surface area contributed by atoms with E-state index in [0.717, 1.165) is 19.4 Å². The van der Waals surface area contributed by atoms with Gasteiger partial charge in [-0.1, -0.05) is 84.9 Å². The Morgan fingerprint density at radius 2 is 1.08 bits per heavy atom. The zero-order valence-electron chi connectivity index (χ0n) is 22.1. The molecule has 5 heteroatoms. The van der Waals surface area contributed by atoms with Crippen LogP contribution in [0.2, 0.25) is 0 Å². The van der Waals surface area contributed by atoms with E-state index in [1.54, 1.807) is 0 Å². The Hall–Kier alpha value is -3.17. The summed E-state index contributed by atoms with van der Waals surface area (Å²) in [4.78, 5) is 2.45. The van der Waals surface area contributed by atoms with E-state index in [0.29, 0.717) is 19.4 Å². The maximum Gasteiger partial charge on any atom is 0.330 e. The first-order chi connectivity index (χ1) is 18.6. The van der Waals surface area contributed by atoms with Gasteiger partial charge in [0.1, 0.15) is 0 Å². The van der Waals surface area contributed by atoms with E-state index in [-0.39, 0.29) is 5.41 Å². The van der Waals surface area contributed by atoms with Gasteiger partial charge in [-0.15, -0.1) is 0 Å². The van der Waals surface area contributed by atoms with Crippen molar-refractivity contribution in [3.8, 4) is 11.1 Å². The van der Waals surface area contributed by atoms with Crippen LogP contribution in [0.5, 0.6) is 0 Å². The number of rotatable bonds is 9. The van der Waals surface area contributed by atoms with Crippen LogP contribution in [0.25, 0.3) is 11.1 Å². The van der Waals surface area contributed by atoms with Crippen molar-refractivity contribution in [2.75, 3.05) is 30.8 Å². The van der Waals surface area contributed by atoms with Gasteiger partial charge in [0.15, 0.2) is 0 Å². The molecule has 1 aliphatic carbocycles. The molecule has 0 bridgehead atoms. The van der Waals surface area contributed by atoms with Crippen molar-refractivity contribution in [2.24, 2.45) is 0 Å². The molecule has 0 radical (unpaired) electrons. The molecule has 38 heavy (non-hydrogen) atoms. The second kappa shape index (κ2) is 10.2. The highest BCUT2D eigenvalue weighted by molar-refractivity contribution is 7.53. The van der Waals surface area contributed by atoms with Crippen molar-refractivity contribution < 1.29 is 13.6 Å². The first-order valence-electron chi connectivity index (χ1n) is 13.7. The van der Waals surface area contributed by atoms with Crippen LogP contribution in [-0.2, 0) is 19.0 Å². The molecule has 4 aromatic rings. The monoisotopic (exact) mass is 523 g/mol. The van der Waals surface area contributed by atoms with Crippen LogP contribution in [0.3, 0.4) is 0 Å². The second-order valence-corrected chi connectivity index (χ2v) is 12.1. The number of unbranched alkanes of at least 4 members (excludes halogenated alkanes) is 1. The van der Waals surface area contributed by atoms with Gasteiger partial charge in [-0.3, -0.25) is 4.57 Å². The highest BCUT2D eigenvalue weighted by Gasteiger charge is 2.51. The van der Waals surface area contributed by atoms with Gasteiger partial charge in [-0.2, -0.15) is 0 Å². The summed E-state index contributed by atoms with van der Waals surface area (Å²) in [6, 6.07) is 35.5. The summed E-state index contributed by atoms with van der Waals surface area (Å²) in [7, 11) is -3.04. The number of para-hydroxylation sites is 2. The predicted octanol–water partition coefficient (Wildman–Crippen LogP) is 8.55. The fourth-order valence-corrected chi connectivity index (χ4v) is 8.25. The van der Waals surface area contributed by atoms with Crippen molar-refractivity contribution in [3.05, 3.63) is 119 Å². The quantitative estimate of drug-likeness (QED) is 0.143. The minimum atomic E-state index is -3.04. The Morgan fingerprint density at radius 3 is 1.58 bits per heavy atom. The summed E-state index contributed by atoms with van der Waals surface area (Å²) in [5.41, 5.74) is 10.0. The third-order valence-corrected chi connectivity index (χ3v) is 10.0. The van der Waals surface area contributed by atoms with Crippen LogP contribution < -0.4 is 4.90 Å². The van der Waals surface area contributed by atoms with E-state index in [4.69, 9.17) is 9.05 Å². The Morgan fingerprint density at radius 1 is 0.632 bits per heavy atom. The number of fused-ring (bicyclic) bond motifs is 9. The Bertz CT molecular complexity index is 1410. The molecule has 0 unspecified atom stereocenters. The molecule has 4 nitrogen and oxygen atoms in total. The molecule has 0 saturated carbocycles. The summed E-state index contributed by atoms with van der Waals surface area (Å²) in [6.07, 6.45) is 2.10. The fourth-order valence-electron chi connectivity index (χ4n) is 6.52. The van der Waals surface area contributed by atoms with Crippen molar-refractivity contribution in [2.45, 2.75) is 32.1 Å². The molecule has 194 valence electrons. The van der Waals surface area contributed by atoms with Crippen LogP contribution in [0.4, 0.5) is 11.4 Å². The minimum Gasteiger partial charge on any atom is -0.341 e. The first kappa shape index (κ1) is 25.1. The van der Waals surface area contributed by atoms with Gasteiger partial charge in [0.2, 0.25) is 0 Å². The second-order valence-electron chi connectivity index (χ2n) is 9.90. The molecular weight excluding hydrogens is 489 g/mol. The van der Waals surface area contributed by atoms with Gasteiger partial charge in [0, 0.05) is 17.9 Å². The van der Waals surface area contributed by atoms with E-state index >= 15 is 0 Å². The first-order valence-corrected chi connectivity index (χ1v) is 15.4. The minimum absolute atomic E-state index is 0.365. The van der Waals surface area contributed by atoms with Crippen LogP contribution >= 0.6 is 7.60 Å². The number of anilines is 2. The number of hydrogen-bond acceptors (Lipinski definition) is 4. The van der Waals surface area contributed by atoms with Crippen molar-refractivity contribution in [1.29, 1.82) is 0 Å². The molecule has 0 fully saturated rings. The van der Waals surface area contributed by atoms with E-state index in [1.165, 1.54) is 44.8 Å². The average molecular weight is 524 g/mol. The molecule has 2 aliphatic rings. The maximum atomic E-state index is 13.0. The molecule has 4 aromatic carbocycles. The van der Waals surface area contributed by atoms with Gasteiger partial charge in [-0.25, -0.2) is 0 Å². The largest absolute Gasteiger partial charge is 0.341 e. The molecule has 1 heterocycles. The molecule has 0 aromatic heterocycles. The topological polar surface area (TPSA) is 38.8 Å². The van der Waals surface area contributed by atoms with Gasteiger partial charge < -0.3 is 13.9 Å². The number of hydrogen-bond donors (Lipinski definition) is 0. The summed E-state index contributed by atoms with van der Waals surface area (Å²) >= 11 is 0. The molecule has 0 N–H and O–H groups in total. The van der Waals surface area contributed by atoms with Gasteiger partial charge >= 0.3 is 7.60 Å². The van der Waals surface area contributed by atoms with Gasteiger partial charge in [0.05, 0.1) is 24.8 Å². The predicted molar refractivity (Wildman–Crippen MR) is 156 cm³/mol. The average Bonchev–Trinajstić information content (AvgIpc) is 3.24. The summed E-state index contributed by atoms with van der Waals surface area (Å²) in [5.74, 6) is 0. The smallest absolute Gasteiger partial charge is 0.330 e. The van der Waals surface area contributed by atoms with Crippen molar-refractivity contribution >= 4 is 19.0 Å². The zero-order chi connectivity index (χ0) is 26.2. The van der Waals surface area contributed by atoms with Crippen LogP contribution in [0.1, 0.15) is 48.9 Å². The fraction of sp³-hybridized carbons (Fsp3) is 0.273. The Kier molecular flexibility index (Phi) is 6.74. The van der Waals surface area contributed by atoms with E-state index < -0.39 is 7.60 Å². The summed E-state index contributed by atoms with van der Waals surface area (Å²) in [5, 5.41) is 0. The number of benzene rings is 4. The van der Waals surface area contributed by atoms with Gasteiger partial charge in [0.25, 0.3) is 0 Å². The van der Waals surface area contributed by atoms with E-state index in [1.807, 2.05) is 13.8 Å². The van der Waals surface area contributed by atoms with Crippen LogP contribution in [-0.4, -0.2) is 25.9 Å². The van der Waals surface area contributed by atoms with Gasteiger partial charge in [-0.05, 0) is 72.2 Å². The van der Waals surface area contributed by atoms with Crippen LogP contribution in [0, 0.1) is 0 Å². The summed E-state index contributed by atoms with van der Waals surface area (Å²) in [6.45, 7) is 5.35. The SMILES string of the molecule is CCOP(=O)(CCCCN1c2ccccc2C2(c3ccccc3-c3ccccc32)c2ccccc21)OCC. The Labute approximate surface area is 225 Å². The third-order valence-electron chi connectivity index (χ3n) is 7.87. The Balaban J connectivity index is 1.43. The third kappa shape index (κ3) is 3.86. The molecule has 0 amide bonds. The lowest BCUT2D eigenvalue weighted by Gasteiger charge is -2.45. The molecule has 0 atom stereocenters. The summed E-state index contributed by atoms with van der Waals surface area (Å²) < 4.78 is 24.1. The lowest BCUT2D eigenvalue weighted by molar-refractivity contribution is 0.219. The van der Waals surface area contributed by atoms with Crippen molar-refractivity contribution in [1.82, 2.24) is 0 Å². The lowest BCUT2D eigenvalue weighted by atomic mass is 9.65. The molecule has 6 rings (SSSR count). The standard InChI is InChI=1S/C33H34NO3P/c1-3-36-38(35,37-4-2)24-14-13-23-34-31-21-11-9-19-29(31)33(30-20-10-12-22-32(30)34)27-17-7-5-15-25(27)26-16-6-8-18-28(26)33/h5-12,15-22H,3-4,13-14,23-24H2,1-2H3. The molecule has 1 spiro atoms. The highest BCUT2D eigenvalue weighted by Crippen LogP contribution is 2.62. The lowest BCUT2D eigenvalue weighted by Crippen LogP contribution is -2.38. The normalized spacial score (nSPS) is 14.6. The maximum absolute atomic E-state index is 13.0. The molecular formula is C33H34NO3P.